The molecule has 3 unspecified atom stereocenters. The number of hydrogen-bond donors (Lipinski definition) is 1. The van der Waals surface area contributed by atoms with Crippen LogP contribution in [0.25, 0.3) is 0 Å². The molecule has 0 aliphatic carbocycles. The maximum absolute atomic E-state index is 10.8. The lowest BCUT2D eigenvalue weighted by atomic mass is 9.85. The van der Waals surface area contributed by atoms with Crippen molar-refractivity contribution in [1.82, 2.24) is 4.98 Å². The highest BCUT2D eigenvalue weighted by atomic mass is 32.1. The maximum atomic E-state index is 10.8. The van der Waals surface area contributed by atoms with Crippen LogP contribution >= 0.6 is 11.3 Å². The second-order valence-electron chi connectivity index (χ2n) is 9.77. The largest absolute Gasteiger partial charge is 0.381 e. The van der Waals surface area contributed by atoms with Gasteiger partial charge in [0, 0.05) is 42.1 Å². The minimum absolute atomic E-state index is 0.419. The fraction of sp³-hybridized carbons (Fsp3) is 0.400. The number of hydrogen-bond acceptors (Lipinski definition) is 5. The highest BCUT2D eigenvalue weighted by Gasteiger charge is 2.20. The summed E-state index contributed by atoms with van der Waals surface area (Å²) in [7, 11) is 0. The lowest BCUT2D eigenvalue weighted by Crippen LogP contribution is -2.12. The summed E-state index contributed by atoms with van der Waals surface area (Å²) in [5, 5.41) is 13.5. The molecule has 1 saturated heterocycles. The molecule has 5 heteroatoms. The number of allylic oxidation sites excluding steroid dienone is 1. The van der Waals surface area contributed by atoms with Crippen LogP contribution in [0.1, 0.15) is 83.9 Å². The van der Waals surface area contributed by atoms with Crippen molar-refractivity contribution < 1.29 is 9.84 Å². The van der Waals surface area contributed by atoms with Gasteiger partial charge in [-0.2, -0.15) is 0 Å². The van der Waals surface area contributed by atoms with Crippen molar-refractivity contribution >= 4 is 17.0 Å². The average molecular weight is 487 g/mol. The zero-order valence-corrected chi connectivity index (χ0v) is 21.2. The topological polar surface area (TPSA) is 54.7 Å². The molecule has 35 heavy (non-hydrogen) atoms. The first kappa shape index (κ1) is 24.1. The van der Waals surface area contributed by atoms with Crippen LogP contribution in [-0.2, 0) is 11.2 Å². The predicted molar refractivity (Wildman–Crippen MR) is 143 cm³/mol. The summed E-state index contributed by atoms with van der Waals surface area (Å²) >= 11 is 1.47. The molecule has 0 amide bonds. The van der Waals surface area contributed by atoms with Crippen molar-refractivity contribution in [3.63, 3.8) is 0 Å². The Morgan fingerprint density at radius 2 is 2.09 bits per heavy atom. The third-order valence-corrected chi connectivity index (χ3v) is 8.10. The molecule has 1 N–H and O–H groups in total. The van der Waals surface area contributed by atoms with Gasteiger partial charge in [-0.25, -0.2) is 4.98 Å². The van der Waals surface area contributed by atoms with Gasteiger partial charge in [-0.05, 0) is 73.1 Å². The maximum Gasteiger partial charge on any atom is 0.131 e. The Kier molecular flexibility index (Phi) is 7.87. The third kappa shape index (κ3) is 5.80. The Labute approximate surface area is 212 Å². The van der Waals surface area contributed by atoms with Crippen LogP contribution in [0.5, 0.6) is 0 Å². The van der Waals surface area contributed by atoms with Crippen molar-refractivity contribution in [2.75, 3.05) is 13.2 Å². The first-order valence-electron chi connectivity index (χ1n) is 12.8. The van der Waals surface area contributed by atoms with E-state index in [0.717, 1.165) is 48.8 Å². The smallest absolute Gasteiger partial charge is 0.131 e. The lowest BCUT2D eigenvalue weighted by Gasteiger charge is -2.21. The average Bonchev–Trinajstić information content (AvgIpc) is 3.30. The van der Waals surface area contributed by atoms with Crippen molar-refractivity contribution in [3.05, 3.63) is 99.1 Å². The Morgan fingerprint density at radius 3 is 2.97 bits per heavy atom. The summed E-state index contributed by atoms with van der Waals surface area (Å²) in [5.74, 6) is 1.19. The number of benzene rings is 2. The summed E-state index contributed by atoms with van der Waals surface area (Å²) in [6.07, 6.45) is 12.1. The van der Waals surface area contributed by atoms with E-state index in [4.69, 9.17) is 9.73 Å². The zero-order valence-electron chi connectivity index (χ0n) is 20.4. The lowest BCUT2D eigenvalue weighted by molar-refractivity contribution is 0.141. The van der Waals surface area contributed by atoms with E-state index >= 15 is 0 Å². The van der Waals surface area contributed by atoms with E-state index in [2.05, 4.69) is 48.3 Å². The molecule has 0 saturated carbocycles. The SMILES string of the molecule is CC1CC=CN=C(c2cccc(C(O)c3nccs3)c2)c2ccc(CCC3CCCOCC3)cc21. The van der Waals surface area contributed by atoms with Gasteiger partial charge in [0.25, 0.3) is 0 Å². The molecule has 0 radical (unpaired) electrons. The van der Waals surface area contributed by atoms with Crippen LogP contribution in [0.15, 0.2) is 71.3 Å². The molecule has 0 spiro atoms. The van der Waals surface area contributed by atoms with Gasteiger partial charge < -0.3 is 9.84 Å². The Balaban J connectivity index is 1.43. The summed E-state index contributed by atoms with van der Waals surface area (Å²) in [5.41, 5.74) is 6.78. The fourth-order valence-corrected chi connectivity index (χ4v) is 5.86. The number of ether oxygens (including phenoxy) is 1. The van der Waals surface area contributed by atoms with Crippen molar-refractivity contribution in [2.24, 2.45) is 10.9 Å². The molecule has 3 heterocycles. The molecule has 2 aromatic carbocycles. The molecular formula is C30H34N2O2S. The Bertz CT molecular complexity index is 1180. The van der Waals surface area contributed by atoms with Crippen molar-refractivity contribution in [3.8, 4) is 0 Å². The molecule has 4 nitrogen and oxygen atoms in total. The molecule has 0 bridgehead atoms. The van der Waals surface area contributed by atoms with E-state index in [1.165, 1.54) is 53.7 Å². The highest BCUT2D eigenvalue weighted by molar-refractivity contribution is 7.09. The van der Waals surface area contributed by atoms with Gasteiger partial charge in [0.05, 0.1) is 5.71 Å². The number of aliphatic imine (C=N–C) groups is 1. The third-order valence-electron chi connectivity index (χ3n) is 7.27. The number of nitrogens with zero attached hydrogens (tertiary/aromatic N) is 2. The minimum Gasteiger partial charge on any atom is -0.381 e. The van der Waals surface area contributed by atoms with E-state index in [1.54, 1.807) is 6.20 Å². The van der Waals surface area contributed by atoms with Crippen LogP contribution in [0.3, 0.4) is 0 Å². The second kappa shape index (κ2) is 11.4. The normalized spacial score (nSPS) is 21.4. The quantitative estimate of drug-likeness (QED) is 0.415. The van der Waals surface area contributed by atoms with Crippen molar-refractivity contribution in [2.45, 2.75) is 57.5 Å². The number of aliphatic hydroxyl groups excluding tert-OH is 1. The molecule has 182 valence electrons. The number of aliphatic hydroxyl groups is 1. The van der Waals surface area contributed by atoms with E-state index in [-0.39, 0.29) is 0 Å². The monoisotopic (exact) mass is 486 g/mol. The number of fused-ring (bicyclic) bond motifs is 1. The zero-order chi connectivity index (χ0) is 24.0. The van der Waals surface area contributed by atoms with Gasteiger partial charge in [-0.1, -0.05) is 49.4 Å². The molecule has 5 rings (SSSR count). The van der Waals surface area contributed by atoms with Gasteiger partial charge in [-0.15, -0.1) is 11.3 Å². The van der Waals surface area contributed by atoms with Crippen LogP contribution in [-0.4, -0.2) is 29.0 Å². The Hall–Kier alpha value is -2.60. The predicted octanol–water partition coefficient (Wildman–Crippen LogP) is 6.83. The molecule has 2 aliphatic rings. The number of aromatic nitrogens is 1. The van der Waals surface area contributed by atoms with Crippen LogP contribution in [0.2, 0.25) is 0 Å². The van der Waals surface area contributed by atoms with Crippen molar-refractivity contribution in [1.29, 1.82) is 0 Å². The number of thiazole rings is 1. The minimum atomic E-state index is -0.727. The van der Waals surface area contributed by atoms with Gasteiger partial charge in [0.1, 0.15) is 11.1 Å². The molecule has 3 aromatic rings. The summed E-state index contributed by atoms with van der Waals surface area (Å²) in [6, 6.07) is 15.1. The second-order valence-corrected chi connectivity index (χ2v) is 10.7. The van der Waals surface area contributed by atoms with Crippen LogP contribution in [0, 0.1) is 5.92 Å². The molecule has 1 aromatic heterocycles. The van der Waals surface area contributed by atoms with Crippen LogP contribution in [0.4, 0.5) is 0 Å². The van der Waals surface area contributed by atoms with Gasteiger partial charge in [0.2, 0.25) is 0 Å². The standard InChI is InChI=1S/C30H34N2O2S/c1-21-5-3-14-31-28(24-7-2-8-25(20-24)29(33)30-32-15-18-35-30)26-12-11-23(19-27(21)26)10-9-22-6-4-16-34-17-13-22/h2-3,7-8,11-12,14-15,18-22,29,33H,4-6,9-10,13,16-17H2,1H3. The van der Waals surface area contributed by atoms with Gasteiger partial charge >= 0.3 is 0 Å². The highest BCUT2D eigenvalue weighted by Crippen LogP contribution is 2.31. The fourth-order valence-electron chi connectivity index (χ4n) is 5.21. The number of aryl methyl sites for hydroxylation is 1. The number of rotatable bonds is 6. The van der Waals surface area contributed by atoms with E-state index in [1.807, 2.05) is 23.7 Å². The first-order chi connectivity index (χ1) is 17.2. The van der Waals surface area contributed by atoms with E-state index in [9.17, 15) is 5.11 Å². The van der Waals surface area contributed by atoms with Gasteiger partial charge in [0.15, 0.2) is 0 Å². The Morgan fingerprint density at radius 1 is 1.14 bits per heavy atom. The van der Waals surface area contributed by atoms with E-state index < -0.39 is 6.10 Å². The molecular weight excluding hydrogens is 452 g/mol. The summed E-state index contributed by atoms with van der Waals surface area (Å²) < 4.78 is 5.65. The van der Waals surface area contributed by atoms with E-state index in [0.29, 0.717) is 10.9 Å². The molecule has 1 fully saturated rings. The van der Waals surface area contributed by atoms with Crippen LogP contribution < -0.4 is 0 Å². The summed E-state index contributed by atoms with van der Waals surface area (Å²) in [6.45, 7) is 4.14. The molecule has 3 atom stereocenters. The molecule has 2 aliphatic heterocycles. The first-order valence-corrected chi connectivity index (χ1v) is 13.7. The van der Waals surface area contributed by atoms with Gasteiger partial charge in [-0.3, -0.25) is 4.99 Å². The summed E-state index contributed by atoms with van der Waals surface area (Å²) in [4.78, 5) is 9.17.